The van der Waals surface area contributed by atoms with Crippen molar-refractivity contribution in [3.63, 3.8) is 0 Å². The predicted octanol–water partition coefficient (Wildman–Crippen LogP) is 6.38. The number of oxime groups is 1. The highest BCUT2D eigenvalue weighted by Crippen LogP contribution is 2.41. The molecule has 9 nitrogen and oxygen atoms in total. The van der Waals surface area contributed by atoms with Gasteiger partial charge in [0.1, 0.15) is 22.9 Å². The van der Waals surface area contributed by atoms with Gasteiger partial charge in [0.25, 0.3) is 11.8 Å². The number of hydrogen-bond acceptors (Lipinski definition) is 7. The van der Waals surface area contributed by atoms with Crippen molar-refractivity contribution in [1.29, 1.82) is 0 Å². The highest BCUT2D eigenvalue weighted by Gasteiger charge is 2.30. The number of alkyl halides is 3. The van der Waals surface area contributed by atoms with E-state index < -0.39 is 36.0 Å². The summed E-state index contributed by atoms with van der Waals surface area (Å²) in [7, 11) is 1.41. The topological polar surface area (TPSA) is 115 Å². The maximum atomic E-state index is 13.6. The standard InChI is InChI=1S/C31H28F4N4O5/c1-30(2,15-38-17-43-37-4)39-28(40)20-7-5-6-19(12-20)22-13-23-25(14-24(22)42-16-31(33,34)35)44-27(26(23)29(41)36-3)18-8-10-21(32)11-9-18/h5-14,17H,4,15-16H2,1-3H3,(H,36,41)(H,39,40). The number of ether oxygens (including phenoxy) is 1. The van der Waals surface area contributed by atoms with Crippen molar-refractivity contribution in [2.45, 2.75) is 25.6 Å². The molecule has 44 heavy (non-hydrogen) atoms. The van der Waals surface area contributed by atoms with Crippen LogP contribution in [0.15, 0.2) is 75.2 Å². The van der Waals surface area contributed by atoms with Crippen LogP contribution < -0.4 is 15.4 Å². The second kappa shape index (κ2) is 13.0. The summed E-state index contributed by atoms with van der Waals surface area (Å²) in [5.41, 5.74) is 0.440. The zero-order valence-electron chi connectivity index (χ0n) is 23.9. The summed E-state index contributed by atoms with van der Waals surface area (Å²) in [6, 6.07) is 14.1. The number of halogens is 4. The Kier molecular flexibility index (Phi) is 9.36. The number of carbonyl (C=O) groups is 2. The fourth-order valence-electron chi connectivity index (χ4n) is 4.36. The highest BCUT2D eigenvalue weighted by molar-refractivity contribution is 6.12. The second-order valence-corrected chi connectivity index (χ2v) is 10.2. The molecule has 1 heterocycles. The Morgan fingerprint density at radius 3 is 2.41 bits per heavy atom. The highest BCUT2D eigenvalue weighted by atomic mass is 19.4. The van der Waals surface area contributed by atoms with E-state index in [2.05, 4.69) is 32.3 Å². The maximum Gasteiger partial charge on any atom is 0.422 e. The third-order valence-electron chi connectivity index (χ3n) is 6.31. The van der Waals surface area contributed by atoms with E-state index in [1.807, 2.05) is 0 Å². The van der Waals surface area contributed by atoms with Gasteiger partial charge in [0.2, 0.25) is 6.40 Å². The van der Waals surface area contributed by atoms with Crippen LogP contribution in [0.1, 0.15) is 34.6 Å². The number of hydrogen-bond donors (Lipinski definition) is 2. The number of nitrogens with one attached hydrogen (secondary N) is 2. The summed E-state index contributed by atoms with van der Waals surface area (Å²) in [4.78, 5) is 34.8. The van der Waals surface area contributed by atoms with Crippen molar-refractivity contribution in [2.75, 3.05) is 20.2 Å². The fraction of sp³-hybridized carbons (Fsp3) is 0.226. The van der Waals surface area contributed by atoms with E-state index in [-0.39, 0.29) is 45.7 Å². The number of amides is 2. The minimum Gasteiger partial charge on any atom is -0.483 e. The molecular formula is C31H28F4N4O5. The lowest BCUT2D eigenvalue weighted by atomic mass is 9.97. The number of furan rings is 1. The predicted molar refractivity (Wildman–Crippen MR) is 158 cm³/mol. The Morgan fingerprint density at radius 2 is 1.75 bits per heavy atom. The second-order valence-electron chi connectivity index (χ2n) is 10.2. The first-order chi connectivity index (χ1) is 20.8. The van der Waals surface area contributed by atoms with Crippen LogP contribution in [0.3, 0.4) is 0 Å². The molecule has 0 aliphatic carbocycles. The molecule has 2 amide bonds. The molecule has 0 aliphatic rings. The lowest BCUT2D eigenvalue weighted by molar-refractivity contribution is -0.153. The Morgan fingerprint density at radius 1 is 1.02 bits per heavy atom. The number of fused-ring (bicyclic) bond motifs is 1. The smallest absolute Gasteiger partial charge is 0.422 e. The van der Waals surface area contributed by atoms with E-state index in [1.165, 1.54) is 55.6 Å². The molecular weight excluding hydrogens is 584 g/mol. The first kappa shape index (κ1) is 31.7. The molecule has 0 fully saturated rings. The molecule has 13 heteroatoms. The number of aliphatic imine (C=N–C) groups is 1. The third-order valence-corrected chi connectivity index (χ3v) is 6.31. The summed E-state index contributed by atoms with van der Waals surface area (Å²) in [5.74, 6) is -1.62. The lowest BCUT2D eigenvalue weighted by Crippen LogP contribution is -2.45. The molecule has 4 aromatic rings. The van der Waals surface area contributed by atoms with Crippen LogP contribution in [-0.4, -0.2) is 56.8 Å². The molecule has 2 N–H and O–H groups in total. The number of nitrogens with zero attached hydrogens (tertiary/aromatic N) is 2. The first-order valence-electron chi connectivity index (χ1n) is 13.1. The molecule has 230 valence electrons. The monoisotopic (exact) mass is 612 g/mol. The molecule has 0 radical (unpaired) electrons. The average Bonchev–Trinajstić information content (AvgIpc) is 3.35. The van der Waals surface area contributed by atoms with Crippen LogP contribution in [0.4, 0.5) is 17.6 Å². The molecule has 0 saturated heterocycles. The van der Waals surface area contributed by atoms with Crippen LogP contribution in [0, 0.1) is 5.82 Å². The third kappa shape index (κ3) is 7.60. The largest absolute Gasteiger partial charge is 0.483 e. The van der Waals surface area contributed by atoms with Gasteiger partial charge in [-0.15, -0.1) is 0 Å². The van der Waals surface area contributed by atoms with Gasteiger partial charge in [0.05, 0.1) is 17.6 Å². The zero-order valence-corrected chi connectivity index (χ0v) is 23.9. The lowest BCUT2D eigenvalue weighted by Gasteiger charge is -2.24. The number of rotatable bonds is 11. The van der Waals surface area contributed by atoms with Crippen molar-refractivity contribution < 1.29 is 41.1 Å². The summed E-state index contributed by atoms with van der Waals surface area (Å²) < 4.78 is 64.4. The first-order valence-corrected chi connectivity index (χ1v) is 13.1. The van der Waals surface area contributed by atoms with Gasteiger partial charge in [-0.25, -0.2) is 4.39 Å². The molecule has 0 saturated carbocycles. The van der Waals surface area contributed by atoms with Crippen molar-refractivity contribution in [3.05, 3.63) is 77.6 Å². The van der Waals surface area contributed by atoms with Gasteiger partial charge in [0.15, 0.2) is 6.61 Å². The molecule has 4 rings (SSSR count). The van der Waals surface area contributed by atoms with E-state index in [9.17, 15) is 27.2 Å². The summed E-state index contributed by atoms with van der Waals surface area (Å²) in [5, 5.41) is 8.84. The van der Waals surface area contributed by atoms with Crippen molar-refractivity contribution >= 4 is 35.9 Å². The van der Waals surface area contributed by atoms with Crippen LogP contribution in [0.25, 0.3) is 33.4 Å². The van der Waals surface area contributed by atoms with Crippen LogP contribution in [-0.2, 0) is 4.84 Å². The van der Waals surface area contributed by atoms with E-state index in [4.69, 9.17) is 9.15 Å². The van der Waals surface area contributed by atoms with E-state index in [0.29, 0.717) is 11.1 Å². The zero-order chi connectivity index (χ0) is 32.1. The summed E-state index contributed by atoms with van der Waals surface area (Å²) in [6.07, 6.45) is -3.56. The van der Waals surface area contributed by atoms with Crippen molar-refractivity contribution in [3.8, 4) is 28.2 Å². The van der Waals surface area contributed by atoms with Gasteiger partial charge in [-0.1, -0.05) is 17.3 Å². The molecule has 0 aliphatic heterocycles. The number of benzene rings is 3. The minimum absolute atomic E-state index is 0.0654. The Bertz CT molecular complexity index is 1710. The van der Waals surface area contributed by atoms with Crippen molar-refractivity contribution in [2.24, 2.45) is 10.1 Å². The quantitative estimate of drug-likeness (QED) is 0.0884. The SMILES string of the molecule is C=NOC=NCC(C)(C)NC(=O)c1cccc(-c2cc3c(C(=O)NC)c(-c4ccc(F)cc4)oc3cc2OCC(F)(F)F)c1. The van der Waals surface area contributed by atoms with Crippen molar-refractivity contribution in [1.82, 2.24) is 10.6 Å². The molecule has 0 bridgehead atoms. The van der Waals surface area contributed by atoms with E-state index in [0.717, 1.165) is 6.40 Å². The van der Waals surface area contributed by atoms with E-state index >= 15 is 0 Å². The van der Waals surface area contributed by atoms with Crippen LogP contribution in [0.2, 0.25) is 0 Å². The van der Waals surface area contributed by atoms with Gasteiger partial charge >= 0.3 is 6.18 Å². The van der Waals surface area contributed by atoms with Gasteiger partial charge < -0.3 is 24.6 Å². The van der Waals surface area contributed by atoms with Gasteiger partial charge in [-0.3, -0.25) is 14.6 Å². The summed E-state index contributed by atoms with van der Waals surface area (Å²) >= 11 is 0. The Hall–Kier alpha value is -5.20. The number of carbonyl (C=O) groups excluding carboxylic acids is 2. The molecule has 1 aromatic heterocycles. The molecule has 0 spiro atoms. The van der Waals surface area contributed by atoms with Crippen LogP contribution in [0.5, 0.6) is 5.75 Å². The van der Waals surface area contributed by atoms with Gasteiger partial charge in [0, 0.05) is 41.9 Å². The Labute approximate surface area is 249 Å². The van der Waals surface area contributed by atoms with Gasteiger partial charge in [-0.2, -0.15) is 13.2 Å². The molecule has 0 atom stereocenters. The molecule has 0 unspecified atom stereocenters. The fourth-order valence-corrected chi connectivity index (χ4v) is 4.36. The Balaban J connectivity index is 1.82. The molecule has 3 aromatic carbocycles. The van der Waals surface area contributed by atoms with Gasteiger partial charge in [-0.05, 0) is 61.9 Å². The normalized spacial score (nSPS) is 11.9. The average molecular weight is 613 g/mol. The van der Waals surface area contributed by atoms with E-state index in [1.54, 1.807) is 26.0 Å². The maximum absolute atomic E-state index is 13.6. The minimum atomic E-state index is -4.65. The van der Waals surface area contributed by atoms with Crippen LogP contribution >= 0.6 is 0 Å². The summed E-state index contributed by atoms with van der Waals surface area (Å²) in [6.45, 7) is 5.19.